The second kappa shape index (κ2) is 7.79. The molecular formula is C29H33N3O. The maximum atomic E-state index is 14.0. The Labute approximate surface area is 195 Å². The van der Waals surface area contributed by atoms with Crippen molar-refractivity contribution in [2.75, 3.05) is 10.6 Å². The summed E-state index contributed by atoms with van der Waals surface area (Å²) >= 11 is 0. The molecule has 33 heavy (non-hydrogen) atoms. The van der Waals surface area contributed by atoms with Crippen molar-refractivity contribution in [2.24, 2.45) is 23.0 Å². The van der Waals surface area contributed by atoms with Gasteiger partial charge in [0.15, 0.2) is 5.66 Å². The molecule has 0 atom stereocenters. The Morgan fingerprint density at radius 2 is 1.27 bits per heavy atom. The molecule has 2 fully saturated rings. The first kappa shape index (κ1) is 20.6. The van der Waals surface area contributed by atoms with Crippen LogP contribution in [0.1, 0.15) is 56.9 Å². The molecule has 3 aromatic rings. The first-order valence-electron chi connectivity index (χ1n) is 12.6. The topological polar surface area (TPSA) is 67.2 Å². The van der Waals surface area contributed by atoms with Crippen LogP contribution in [-0.2, 0) is 10.5 Å². The van der Waals surface area contributed by atoms with Crippen molar-refractivity contribution in [2.45, 2.75) is 57.0 Å². The molecule has 0 saturated heterocycles. The highest BCUT2D eigenvalue weighted by molar-refractivity contribution is 5.94. The molecular weight excluding hydrogens is 406 g/mol. The lowest BCUT2D eigenvalue weighted by Crippen LogP contribution is -2.66. The Morgan fingerprint density at radius 3 is 1.85 bits per heavy atom. The highest BCUT2D eigenvalue weighted by Gasteiger charge is 2.66. The lowest BCUT2D eigenvalue weighted by atomic mass is 9.55. The molecule has 0 aromatic heterocycles. The van der Waals surface area contributed by atoms with E-state index in [-0.39, 0.29) is 17.7 Å². The van der Waals surface area contributed by atoms with E-state index >= 15 is 0 Å². The van der Waals surface area contributed by atoms with Gasteiger partial charge in [0.2, 0.25) is 5.91 Å². The molecule has 0 bridgehead atoms. The third-order valence-electron chi connectivity index (χ3n) is 8.79. The van der Waals surface area contributed by atoms with Crippen molar-refractivity contribution >= 4 is 28.1 Å². The molecule has 4 heteroatoms. The van der Waals surface area contributed by atoms with Gasteiger partial charge in [-0.15, -0.1) is 0 Å². The van der Waals surface area contributed by atoms with E-state index in [1.54, 1.807) is 0 Å². The molecule has 0 radical (unpaired) electrons. The minimum absolute atomic E-state index is 0.151. The van der Waals surface area contributed by atoms with Gasteiger partial charge < -0.3 is 16.4 Å². The fourth-order valence-corrected chi connectivity index (χ4v) is 7.55. The molecule has 0 unspecified atom stereocenters. The molecule has 2 aliphatic carbocycles. The molecule has 2 saturated carbocycles. The van der Waals surface area contributed by atoms with Crippen LogP contribution in [0.3, 0.4) is 0 Å². The van der Waals surface area contributed by atoms with Gasteiger partial charge in [-0.25, -0.2) is 0 Å². The SMILES string of the molecule is NC(=O)C(C1CCCC1)(C1CCCC1)C1(c2cccc3ccccc23)Nc2ccccc2N1. The number of hydrogen-bond donors (Lipinski definition) is 3. The maximum absolute atomic E-state index is 14.0. The van der Waals surface area contributed by atoms with Gasteiger partial charge in [-0.2, -0.15) is 0 Å². The Bertz CT molecular complexity index is 1140. The quantitative estimate of drug-likeness (QED) is 0.432. The van der Waals surface area contributed by atoms with Crippen molar-refractivity contribution < 1.29 is 4.79 Å². The van der Waals surface area contributed by atoms with Crippen molar-refractivity contribution in [3.05, 3.63) is 72.3 Å². The van der Waals surface area contributed by atoms with Crippen LogP contribution in [0.4, 0.5) is 11.4 Å². The van der Waals surface area contributed by atoms with Gasteiger partial charge in [0.25, 0.3) is 0 Å². The lowest BCUT2D eigenvalue weighted by Gasteiger charge is -2.54. The van der Waals surface area contributed by atoms with Gasteiger partial charge in [0, 0.05) is 5.56 Å². The zero-order valence-corrected chi connectivity index (χ0v) is 19.1. The number of carbonyl (C=O) groups is 1. The largest absolute Gasteiger partial charge is 0.369 e. The summed E-state index contributed by atoms with van der Waals surface area (Å²) in [4.78, 5) is 14.0. The molecule has 1 aliphatic heterocycles. The number of benzene rings is 3. The highest BCUT2D eigenvalue weighted by Crippen LogP contribution is 2.62. The minimum atomic E-state index is -0.784. The van der Waals surface area contributed by atoms with Gasteiger partial charge in [-0.05, 0) is 60.4 Å². The number of anilines is 2. The first-order valence-corrected chi connectivity index (χ1v) is 12.6. The number of para-hydroxylation sites is 2. The summed E-state index contributed by atoms with van der Waals surface area (Å²) in [6.07, 6.45) is 8.93. The van der Waals surface area contributed by atoms with E-state index in [1.807, 2.05) is 0 Å². The van der Waals surface area contributed by atoms with E-state index in [0.717, 1.165) is 42.6 Å². The van der Waals surface area contributed by atoms with Crippen molar-refractivity contribution in [1.82, 2.24) is 0 Å². The monoisotopic (exact) mass is 439 g/mol. The van der Waals surface area contributed by atoms with Crippen LogP contribution in [0.5, 0.6) is 0 Å². The van der Waals surface area contributed by atoms with E-state index in [2.05, 4.69) is 77.4 Å². The number of nitrogens with two attached hydrogens (primary N) is 1. The third-order valence-corrected chi connectivity index (χ3v) is 8.79. The van der Waals surface area contributed by atoms with E-state index in [1.165, 1.54) is 36.5 Å². The summed E-state index contributed by atoms with van der Waals surface area (Å²) in [5, 5.41) is 10.2. The van der Waals surface area contributed by atoms with E-state index in [4.69, 9.17) is 5.73 Å². The second-order valence-electron chi connectivity index (χ2n) is 10.3. The Kier molecular flexibility index (Phi) is 4.86. The predicted octanol–water partition coefficient (Wildman–Crippen LogP) is 6.38. The zero-order valence-electron chi connectivity index (χ0n) is 19.1. The lowest BCUT2D eigenvalue weighted by molar-refractivity contribution is -0.141. The first-order chi connectivity index (χ1) is 16.2. The number of nitrogens with one attached hydrogen (secondary N) is 2. The van der Waals surface area contributed by atoms with Gasteiger partial charge >= 0.3 is 0 Å². The molecule has 3 aliphatic rings. The summed E-state index contributed by atoms with van der Waals surface area (Å²) in [5.74, 6) is 0.361. The highest BCUT2D eigenvalue weighted by atomic mass is 16.1. The molecule has 6 rings (SSSR count). The number of primary amides is 1. The van der Waals surface area contributed by atoms with Crippen LogP contribution in [0, 0.1) is 17.3 Å². The van der Waals surface area contributed by atoms with Crippen molar-refractivity contribution in [3.8, 4) is 0 Å². The van der Waals surface area contributed by atoms with Gasteiger partial charge in [-0.3, -0.25) is 4.79 Å². The summed E-state index contributed by atoms with van der Waals surface area (Å²) < 4.78 is 0. The number of hydrogen-bond acceptors (Lipinski definition) is 3. The summed E-state index contributed by atoms with van der Waals surface area (Å²) in [7, 11) is 0. The predicted molar refractivity (Wildman–Crippen MR) is 135 cm³/mol. The summed E-state index contributed by atoms with van der Waals surface area (Å²) in [6.45, 7) is 0. The van der Waals surface area contributed by atoms with E-state index in [9.17, 15) is 4.79 Å². The molecule has 0 spiro atoms. The molecule has 4 nitrogen and oxygen atoms in total. The van der Waals surface area contributed by atoms with Crippen LogP contribution in [0.2, 0.25) is 0 Å². The van der Waals surface area contributed by atoms with Crippen LogP contribution in [0.25, 0.3) is 10.8 Å². The fraction of sp³-hybridized carbons (Fsp3) is 0.414. The average Bonchev–Trinajstić information content (AvgIpc) is 3.61. The van der Waals surface area contributed by atoms with Crippen LogP contribution >= 0.6 is 0 Å². The van der Waals surface area contributed by atoms with E-state index < -0.39 is 11.1 Å². The number of carbonyl (C=O) groups excluding carboxylic acids is 1. The Hall–Kier alpha value is -3.01. The van der Waals surface area contributed by atoms with Gasteiger partial charge in [0.05, 0.1) is 11.4 Å². The standard InChI is InChI=1S/C29H33N3O/c30-27(33)28(21-12-2-3-13-21,22-14-4-5-15-22)29(31-25-18-7-8-19-26(25)32-29)24-17-9-11-20-10-1-6-16-23(20)24/h1,6-11,16-19,21-22,31-32H,2-5,12-15H2,(H2,30,33). The van der Waals surface area contributed by atoms with Crippen molar-refractivity contribution in [3.63, 3.8) is 0 Å². The second-order valence-corrected chi connectivity index (χ2v) is 10.3. The normalized spacial score (nSPS) is 20.5. The molecule has 1 heterocycles. The van der Waals surface area contributed by atoms with Crippen molar-refractivity contribution in [1.29, 1.82) is 0 Å². The zero-order chi connectivity index (χ0) is 22.5. The van der Waals surface area contributed by atoms with Crippen LogP contribution in [0.15, 0.2) is 66.7 Å². The molecule has 170 valence electrons. The van der Waals surface area contributed by atoms with Gasteiger partial charge in [0.1, 0.15) is 5.41 Å². The molecule has 1 amide bonds. The average molecular weight is 440 g/mol. The Balaban J connectivity index is 1.68. The smallest absolute Gasteiger partial charge is 0.228 e. The number of fused-ring (bicyclic) bond motifs is 2. The third kappa shape index (κ3) is 2.86. The number of rotatable bonds is 5. The minimum Gasteiger partial charge on any atom is -0.369 e. The molecule has 3 aromatic carbocycles. The number of amides is 1. The summed E-state index contributed by atoms with van der Waals surface area (Å²) in [5.41, 5.74) is 8.32. The maximum Gasteiger partial charge on any atom is 0.228 e. The summed E-state index contributed by atoms with van der Waals surface area (Å²) in [6, 6.07) is 23.4. The Morgan fingerprint density at radius 1 is 0.758 bits per heavy atom. The fourth-order valence-electron chi connectivity index (χ4n) is 7.55. The molecule has 4 N–H and O–H groups in total. The van der Waals surface area contributed by atoms with Crippen LogP contribution in [-0.4, -0.2) is 5.91 Å². The van der Waals surface area contributed by atoms with Crippen LogP contribution < -0.4 is 16.4 Å². The van der Waals surface area contributed by atoms with Gasteiger partial charge in [-0.1, -0.05) is 80.3 Å². The van der Waals surface area contributed by atoms with E-state index in [0.29, 0.717) is 0 Å².